The second kappa shape index (κ2) is 9.76. The van der Waals surface area contributed by atoms with Crippen molar-refractivity contribution in [1.29, 1.82) is 0 Å². The molecule has 0 amide bonds. The molecule has 2 aliphatic rings. The van der Waals surface area contributed by atoms with Crippen LogP contribution < -0.4 is 9.64 Å². The van der Waals surface area contributed by atoms with E-state index in [1.54, 1.807) is 0 Å². The van der Waals surface area contributed by atoms with Gasteiger partial charge >= 0.3 is 0 Å². The summed E-state index contributed by atoms with van der Waals surface area (Å²) in [6.07, 6.45) is 3.32. The second-order valence-electron chi connectivity index (χ2n) is 10.4. The number of aryl methyl sites for hydroxylation is 2. The topological polar surface area (TPSA) is 45.9 Å². The van der Waals surface area contributed by atoms with Gasteiger partial charge in [0.1, 0.15) is 18.2 Å². The van der Waals surface area contributed by atoms with Crippen LogP contribution in [0.25, 0.3) is 27.5 Å². The molecule has 6 heteroatoms. The molecule has 7 rings (SSSR count). The Morgan fingerprint density at radius 2 is 1.63 bits per heavy atom. The van der Waals surface area contributed by atoms with Crippen molar-refractivity contribution >= 4 is 22.2 Å². The van der Waals surface area contributed by atoms with Gasteiger partial charge in [-0.2, -0.15) is 9.61 Å². The van der Waals surface area contributed by atoms with Crippen LogP contribution in [0.15, 0.2) is 72.8 Å². The lowest BCUT2D eigenvalue weighted by molar-refractivity contribution is 0.201. The molecule has 0 unspecified atom stereocenters. The quantitative estimate of drug-likeness (QED) is 0.304. The molecule has 1 aliphatic carbocycles. The van der Waals surface area contributed by atoms with Crippen LogP contribution >= 0.6 is 0 Å². The molecule has 0 spiro atoms. The SMILES string of the molecule is Cc1nn2c(N3CCN(CCOc4cccc5ccccc45)CC3)c3c(nc2c1-c1ccccc1)CCC3. The number of piperazine rings is 1. The van der Waals surface area contributed by atoms with Crippen LogP contribution in [0, 0.1) is 6.92 Å². The van der Waals surface area contributed by atoms with Crippen LogP contribution in [-0.2, 0) is 12.8 Å². The third-order valence-electron chi connectivity index (χ3n) is 8.09. The highest BCUT2D eigenvalue weighted by atomic mass is 16.5. The molecule has 3 heterocycles. The minimum Gasteiger partial charge on any atom is -0.492 e. The highest BCUT2D eigenvalue weighted by Crippen LogP contribution is 2.36. The molecule has 6 nitrogen and oxygen atoms in total. The molecule has 38 heavy (non-hydrogen) atoms. The van der Waals surface area contributed by atoms with E-state index >= 15 is 0 Å². The fourth-order valence-electron chi connectivity index (χ4n) is 6.17. The summed E-state index contributed by atoms with van der Waals surface area (Å²) in [5.74, 6) is 2.24. The van der Waals surface area contributed by atoms with Gasteiger partial charge in [0.15, 0.2) is 5.65 Å². The summed E-state index contributed by atoms with van der Waals surface area (Å²) >= 11 is 0. The Kier molecular flexibility index (Phi) is 5.97. The van der Waals surface area contributed by atoms with Crippen LogP contribution in [0.4, 0.5) is 5.82 Å². The standard InChI is InChI=1S/C32H33N5O/c1-23-30(25-10-3-2-4-11-25)31-33-28-15-8-14-27(28)32(37(31)34-23)36-19-17-35(18-20-36)21-22-38-29-16-7-12-24-9-5-6-13-26(24)29/h2-7,9-13,16H,8,14-15,17-22H2,1H3. The van der Waals surface area contributed by atoms with E-state index in [0.29, 0.717) is 6.61 Å². The molecule has 1 fully saturated rings. The lowest BCUT2D eigenvalue weighted by Gasteiger charge is -2.36. The van der Waals surface area contributed by atoms with Crippen molar-refractivity contribution in [2.75, 3.05) is 44.2 Å². The number of fused-ring (bicyclic) bond motifs is 3. The van der Waals surface area contributed by atoms with Crippen molar-refractivity contribution in [1.82, 2.24) is 19.5 Å². The molecule has 3 aromatic carbocycles. The summed E-state index contributed by atoms with van der Waals surface area (Å²) in [5, 5.41) is 7.45. The number of aromatic nitrogens is 3. The van der Waals surface area contributed by atoms with E-state index in [-0.39, 0.29) is 0 Å². The Labute approximate surface area is 223 Å². The molecule has 192 valence electrons. The molecule has 0 atom stereocenters. The smallest absolute Gasteiger partial charge is 0.165 e. The summed E-state index contributed by atoms with van der Waals surface area (Å²) in [4.78, 5) is 10.2. The molecule has 5 aromatic rings. The third-order valence-corrected chi connectivity index (χ3v) is 8.09. The summed E-state index contributed by atoms with van der Waals surface area (Å²) in [7, 11) is 0. The Balaban J connectivity index is 1.09. The molecule has 0 bridgehead atoms. The van der Waals surface area contributed by atoms with Crippen LogP contribution in [0.3, 0.4) is 0 Å². The Hall–Kier alpha value is -3.90. The van der Waals surface area contributed by atoms with Gasteiger partial charge in [-0.25, -0.2) is 4.98 Å². The zero-order valence-corrected chi connectivity index (χ0v) is 21.9. The van der Waals surface area contributed by atoms with Crippen LogP contribution in [-0.4, -0.2) is 58.8 Å². The van der Waals surface area contributed by atoms with E-state index < -0.39 is 0 Å². The molecule has 1 aliphatic heterocycles. The Morgan fingerprint density at radius 3 is 2.50 bits per heavy atom. The lowest BCUT2D eigenvalue weighted by atomic mass is 10.1. The average molecular weight is 504 g/mol. The predicted octanol–water partition coefficient (Wildman–Crippen LogP) is 5.55. The lowest BCUT2D eigenvalue weighted by Crippen LogP contribution is -2.48. The highest BCUT2D eigenvalue weighted by Gasteiger charge is 2.28. The number of ether oxygens (including phenoxy) is 1. The monoisotopic (exact) mass is 503 g/mol. The largest absolute Gasteiger partial charge is 0.492 e. The van der Waals surface area contributed by atoms with Gasteiger partial charge in [0.05, 0.1) is 5.69 Å². The first kappa shape index (κ1) is 23.2. The summed E-state index contributed by atoms with van der Waals surface area (Å²) in [6.45, 7) is 7.74. The number of anilines is 1. The first-order valence-corrected chi connectivity index (χ1v) is 13.8. The van der Waals surface area contributed by atoms with Crippen molar-refractivity contribution < 1.29 is 4.74 Å². The second-order valence-corrected chi connectivity index (χ2v) is 10.4. The summed E-state index contributed by atoms with van der Waals surface area (Å²) in [6, 6.07) is 25.3. The molecule has 2 aromatic heterocycles. The normalized spacial score (nSPS) is 15.9. The van der Waals surface area contributed by atoms with Crippen molar-refractivity contribution in [2.24, 2.45) is 0 Å². The van der Waals surface area contributed by atoms with Gasteiger partial charge in [0, 0.05) is 54.9 Å². The average Bonchev–Trinajstić information content (AvgIpc) is 3.56. The molecule has 0 radical (unpaired) electrons. The van der Waals surface area contributed by atoms with Crippen molar-refractivity contribution in [3.05, 3.63) is 89.7 Å². The van der Waals surface area contributed by atoms with Gasteiger partial charge in [-0.05, 0) is 43.2 Å². The zero-order chi connectivity index (χ0) is 25.5. The molecule has 0 N–H and O–H groups in total. The van der Waals surface area contributed by atoms with Gasteiger partial charge in [-0.15, -0.1) is 0 Å². The van der Waals surface area contributed by atoms with E-state index in [4.69, 9.17) is 14.8 Å². The Bertz CT molecular complexity index is 1600. The molecular weight excluding hydrogens is 470 g/mol. The van der Waals surface area contributed by atoms with Gasteiger partial charge in [-0.1, -0.05) is 66.7 Å². The fraction of sp³-hybridized carbons (Fsp3) is 0.312. The molecule has 1 saturated heterocycles. The maximum absolute atomic E-state index is 6.23. The molecule has 0 saturated carbocycles. The van der Waals surface area contributed by atoms with Crippen LogP contribution in [0.2, 0.25) is 0 Å². The van der Waals surface area contributed by atoms with Crippen molar-refractivity contribution in [3.63, 3.8) is 0 Å². The Morgan fingerprint density at radius 1 is 0.842 bits per heavy atom. The minimum absolute atomic E-state index is 0.696. The maximum atomic E-state index is 6.23. The fourth-order valence-corrected chi connectivity index (χ4v) is 6.17. The predicted molar refractivity (Wildman–Crippen MR) is 153 cm³/mol. The summed E-state index contributed by atoms with van der Waals surface area (Å²) in [5.41, 5.74) is 7.04. The van der Waals surface area contributed by atoms with Gasteiger partial charge in [-0.3, -0.25) is 4.90 Å². The maximum Gasteiger partial charge on any atom is 0.165 e. The first-order chi connectivity index (χ1) is 18.8. The van der Waals surface area contributed by atoms with Crippen molar-refractivity contribution in [2.45, 2.75) is 26.2 Å². The number of hydrogen-bond donors (Lipinski definition) is 0. The summed E-state index contributed by atoms with van der Waals surface area (Å²) < 4.78 is 8.37. The van der Waals surface area contributed by atoms with E-state index in [1.807, 2.05) is 0 Å². The number of benzene rings is 3. The first-order valence-electron chi connectivity index (χ1n) is 13.8. The number of hydrogen-bond acceptors (Lipinski definition) is 5. The van der Waals surface area contributed by atoms with E-state index in [9.17, 15) is 0 Å². The minimum atomic E-state index is 0.696. The van der Waals surface area contributed by atoms with Gasteiger partial charge in [0.25, 0.3) is 0 Å². The van der Waals surface area contributed by atoms with E-state index in [2.05, 4.69) is 94.0 Å². The van der Waals surface area contributed by atoms with E-state index in [1.165, 1.54) is 39.8 Å². The van der Waals surface area contributed by atoms with Gasteiger partial charge < -0.3 is 9.64 Å². The van der Waals surface area contributed by atoms with Gasteiger partial charge in [0.2, 0.25) is 0 Å². The number of rotatable bonds is 6. The van der Waals surface area contributed by atoms with Crippen LogP contribution in [0.1, 0.15) is 23.4 Å². The van der Waals surface area contributed by atoms with Crippen LogP contribution in [0.5, 0.6) is 5.75 Å². The number of nitrogens with zero attached hydrogens (tertiary/aromatic N) is 5. The van der Waals surface area contributed by atoms with E-state index in [0.717, 1.165) is 68.2 Å². The van der Waals surface area contributed by atoms with Crippen molar-refractivity contribution in [3.8, 4) is 16.9 Å². The highest BCUT2D eigenvalue weighted by molar-refractivity contribution is 5.88. The third kappa shape index (κ3) is 4.09. The zero-order valence-electron chi connectivity index (χ0n) is 21.9. The molecular formula is C32H33N5O.